The summed E-state index contributed by atoms with van der Waals surface area (Å²) in [4.78, 5) is 26.4. The minimum absolute atomic E-state index is 0.130. The molecule has 0 atom stereocenters. The maximum atomic E-state index is 12.5. The van der Waals surface area contributed by atoms with Gasteiger partial charge < -0.3 is 15.5 Å². The fourth-order valence-electron chi connectivity index (χ4n) is 2.45. The van der Waals surface area contributed by atoms with Crippen LogP contribution in [0.1, 0.15) is 43.6 Å². The highest BCUT2D eigenvalue weighted by molar-refractivity contribution is 5.95. The van der Waals surface area contributed by atoms with Crippen molar-refractivity contribution in [2.75, 3.05) is 11.9 Å². The van der Waals surface area contributed by atoms with Gasteiger partial charge in [0.25, 0.3) is 5.91 Å². The Labute approximate surface area is 155 Å². The minimum atomic E-state index is -0.289. The molecule has 2 aromatic rings. The number of nitrogens with one attached hydrogen (secondary N) is 2. The van der Waals surface area contributed by atoms with Crippen LogP contribution in [-0.2, 0) is 6.54 Å². The first-order valence-electron chi connectivity index (χ1n) is 8.81. The van der Waals surface area contributed by atoms with Crippen LogP contribution in [0.5, 0.6) is 0 Å². The molecule has 0 bridgehead atoms. The molecule has 2 N–H and O–H groups in total. The van der Waals surface area contributed by atoms with Crippen molar-refractivity contribution in [2.45, 2.75) is 39.8 Å². The molecule has 0 aliphatic rings. The van der Waals surface area contributed by atoms with E-state index in [1.165, 1.54) is 0 Å². The summed E-state index contributed by atoms with van der Waals surface area (Å²) in [5.74, 6) is -0.130. The van der Waals surface area contributed by atoms with Gasteiger partial charge in [0.1, 0.15) is 0 Å². The number of hydrogen-bond acceptors (Lipinski definition) is 2. The molecule has 0 saturated carbocycles. The molecule has 0 aromatic heterocycles. The second kappa shape index (κ2) is 8.52. The lowest BCUT2D eigenvalue weighted by Gasteiger charge is -2.22. The Morgan fingerprint density at radius 3 is 2.12 bits per heavy atom. The fourth-order valence-corrected chi connectivity index (χ4v) is 2.45. The highest BCUT2D eigenvalue weighted by Gasteiger charge is 2.16. The predicted octanol–water partition coefficient (Wildman–Crippen LogP) is 4.27. The van der Waals surface area contributed by atoms with Crippen molar-refractivity contribution in [2.24, 2.45) is 0 Å². The zero-order valence-corrected chi connectivity index (χ0v) is 15.9. The van der Waals surface area contributed by atoms with Gasteiger partial charge in [-0.25, -0.2) is 4.79 Å². The van der Waals surface area contributed by atoms with Gasteiger partial charge in [-0.3, -0.25) is 4.79 Å². The third-order valence-corrected chi connectivity index (χ3v) is 3.77. The van der Waals surface area contributed by atoms with Crippen LogP contribution in [0.3, 0.4) is 0 Å². The quantitative estimate of drug-likeness (QED) is 0.843. The van der Waals surface area contributed by atoms with Gasteiger partial charge in [-0.1, -0.05) is 30.3 Å². The van der Waals surface area contributed by atoms with Crippen LogP contribution in [0, 0.1) is 0 Å². The average molecular weight is 353 g/mol. The SMILES string of the molecule is CCN(Cc1ccccc1)C(=O)Nc1ccc(C(=O)NC(C)(C)C)cc1. The number of nitrogens with zero attached hydrogens (tertiary/aromatic N) is 1. The van der Waals surface area contributed by atoms with E-state index in [4.69, 9.17) is 0 Å². The maximum Gasteiger partial charge on any atom is 0.322 e. The van der Waals surface area contributed by atoms with Crippen LogP contribution < -0.4 is 10.6 Å². The molecular formula is C21H27N3O2. The molecule has 26 heavy (non-hydrogen) atoms. The van der Waals surface area contributed by atoms with E-state index in [1.807, 2.05) is 58.0 Å². The van der Waals surface area contributed by atoms with Crippen molar-refractivity contribution in [3.63, 3.8) is 0 Å². The molecule has 0 aliphatic heterocycles. The Morgan fingerprint density at radius 1 is 0.962 bits per heavy atom. The minimum Gasteiger partial charge on any atom is -0.347 e. The molecule has 3 amide bonds. The van der Waals surface area contributed by atoms with Crippen molar-refractivity contribution in [1.82, 2.24) is 10.2 Å². The summed E-state index contributed by atoms with van der Waals surface area (Å²) in [6, 6.07) is 16.6. The van der Waals surface area contributed by atoms with Gasteiger partial charge in [0.05, 0.1) is 0 Å². The largest absolute Gasteiger partial charge is 0.347 e. The summed E-state index contributed by atoms with van der Waals surface area (Å²) in [7, 11) is 0. The van der Waals surface area contributed by atoms with Crippen molar-refractivity contribution in [3.8, 4) is 0 Å². The van der Waals surface area contributed by atoms with E-state index in [1.54, 1.807) is 29.2 Å². The first kappa shape index (κ1) is 19.5. The van der Waals surface area contributed by atoms with Gasteiger partial charge in [0.15, 0.2) is 0 Å². The second-order valence-corrected chi connectivity index (χ2v) is 7.21. The van der Waals surface area contributed by atoms with Crippen molar-refractivity contribution in [3.05, 3.63) is 65.7 Å². The summed E-state index contributed by atoms with van der Waals surface area (Å²) in [5.41, 5.74) is 2.02. The molecule has 0 aliphatic carbocycles. The van der Waals surface area contributed by atoms with Gasteiger partial charge in [-0.2, -0.15) is 0 Å². The average Bonchev–Trinajstić information content (AvgIpc) is 2.59. The van der Waals surface area contributed by atoms with E-state index in [0.717, 1.165) is 5.56 Å². The van der Waals surface area contributed by atoms with Gasteiger partial charge in [-0.15, -0.1) is 0 Å². The van der Waals surface area contributed by atoms with Crippen LogP contribution >= 0.6 is 0 Å². The Morgan fingerprint density at radius 2 is 1.58 bits per heavy atom. The molecule has 0 unspecified atom stereocenters. The molecule has 0 saturated heterocycles. The molecule has 5 nitrogen and oxygen atoms in total. The van der Waals surface area contributed by atoms with E-state index in [-0.39, 0.29) is 17.5 Å². The van der Waals surface area contributed by atoms with Gasteiger partial charge >= 0.3 is 6.03 Å². The normalized spacial score (nSPS) is 10.9. The van der Waals surface area contributed by atoms with Gasteiger partial charge in [0, 0.05) is 29.9 Å². The summed E-state index contributed by atoms with van der Waals surface area (Å²) in [6.45, 7) is 8.91. The molecule has 138 valence electrons. The van der Waals surface area contributed by atoms with E-state index < -0.39 is 0 Å². The predicted molar refractivity (Wildman–Crippen MR) is 105 cm³/mol. The lowest BCUT2D eigenvalue weighted by Crippen LogP contribution is -2.40. The van der Waals surface area contributed by atoms with Crippen molar-refractivity contribution >= 4 is 17.6 Å². The van der Waals surface area contributed by atoms with E-state index in [9.17, 15) is 9.59 Å². The Kier molecular flexibility index (Phi) is 6.39. The number of rotatable bonds is 5. The van der Waals surface area contributed by atoms with Crippen LogP contribution in [-0.4, -0.2) is 28.9 Å². The first-order chi connectivity index (χ1) is 12.3. The topological polar surface area (TPSA) is 61.4 Å². The highest BCUT2D eigenvalue weighted by Crippen LogP contribution is 2.13. The van der Waals surface area contributed by atoms with Crippen LogP contribution in [0.25, 0.3) is 0 Å². The Balaban J connectivity index is 1.98. The third kappa shape index (κ3) is 5.92. The molecule has 2 aromatic carbocycles. The lowest BCUT2D eigenvalue weighted by atomic mass is 10.1. The summed E-state index contributed by atoms with van der Waals surface area (Å²) < 4.78 is 0. The lowest BCUT2D eigenvalue weighted by molar-refractivity contribution is 0.0919. The van der Waals surface area contributed by atoms with Gasteiger partial charge in [-0.05, 0) is 57.5 Å². The fraction of sp³-hybridized carbons (Fsp3) is 0.333. The zero-order chi connectivity index (χ0) is 19.2. The number of carbonyl (C=O) groups excluding carboxylic acids is 2. The molecule has 0 spiro atoms. The number of amides is 3. The maximum absolute atomic E-state index is 12.5. The standard InChI is InChI=1S/C21H27N3O2/c1-5-24(15-16-9-7-6-8-10-16)20(26)22-18-13-11-17(12-14-18)19(25)23-21(2,3)4/h6-14H,5,15H2,1-4H3,(H,22,26)(H,23,25). The van der Waals surface area contributed by atoms with E-state index in [2.05, 4.69) is 10.6 Å². The smallest absolute Gasteiger partial charge is 0.322 e. The molecule has 0 fully saturated rings. The zero-order valence-electron chi connectivity index (χ0n) is 15.9. The van der Waals surface area contributed by atoms with E-state index >= 15 is 0 Å². The molecule has 5 heteroatoms. The first-order valence-corrected chi connectivity index (χ1v) is 8.81. The number of carbonyl (C=O) groups is 2. The molecule has 0 heterocycles. The van der Waals surface area contributed by atoms with Crippen molar-refractivity contribution < 1.29 is 9.59 Å². The Bertz CT molecular complexity index is 734. The number of anilines is 1. The summed E-state index contributed by atoms with van der Waals surface area (Å²) in [5, 5.41) is 5.80. The summed E-state index contributed by atoms with van der Waals surface area (Å²) >= 11 is 0. The van der Waals surface area contributed by atoms with Crippen molar-refractivity contribution in [1.29, 1.82) is 0 Å². The molecule has 2 rings (SSSR count). The third-order valence-electron chi connectivity index (χ3n) is 3.77. The number of hydrogen-bond donors (Lipinski definition) is 2. The van der Waals surface area contributed by atoms with Crippen LogP contribution in [0.15, 0.2) is 54.6 Å². The summed E-state index contributed by atoms with van der Waals surface area (Å²) in [6.07, 6.45) is 0. The van der Waals surface area contributed by atoms with E-state index in [0.29, 0.717) is 24.3 Å². The van der Waals surface area contributed by atoms with Crippen LogP contribution in [0.4, 0.5) is 10.5 Å². The van der Waals surface area contributed by atoms with Gasteiger partial charge in [0.2, 0.25) is 0 Å². The number of urea groups is 1. The highest BCUT2D eigenvalue weighted by atomic mass is 16.2. The molecule has 0 radical (unpaired) electrons. The van der Waals surface area contributed by atoms with Crippen LogP contribution in [0.2, 0.25) is 0 Å². The number of benzene rings is 2. The second-order valence-electron chi connectivity index (χ2n) is 7.21. The monoisotopic (exact) mass is 353 g/mol. The molecular weight excluding hydrogens is 326 g/mol. The Hall–Kier alpha value is -2.82.